The second kappa shape index (κ2) is 8.58. The van der Waals surface area contributed by atoms with E-state index in [0.717, 1.165) is 19.6 Å². The summed E-state index contributed by atoms with van der Waals surface area (Å²) in [4.78, 5) is 13.9. The van der Waals surface area contributed by atoms with Gasteiger partial charge in [0.05, 0.1) is 7.11 Å². The SMILES string of the molecule is COC(=O)c1ccc(NCC2CCCCN2Cc2ccccc2)nn1. The van der Waals surface area contributed by atoms with Gasteiger partial charge < -0.3 is 10.1 Å². The molecule has 0 amide bonds. The number of esters is 1. The molecule has 1 aromatic carbocycles. The minimum Gasteiger partial charge on any atom is -0.464 e. The first kappa shape index (κ1) is 17.4. The van der Waals surface area contributed by atoms with E-state index < -0.39 is 5.97 Å². The first-order valence-corrected chi connectivity index (χ1v) is 8.70. The molecule has 3 rings (SSSR count). The first-order chi connectivity index (χ1) is 12.3. The van der Waals surface area contributed by atoms with Crippen LogP contribution in [0.25, 0.3) is 0 Å². The fraction of sp³-hybridized carbons (Fsp3) is 0.421. The molecule has 6 heteroatoms. The van der Waals surface area contributed by atoms with Crippen molar-refractivity contribution in [2.45, 2.75) is 31.8 Å². The summed E-state index contributed by atoms with van der Waals surface area (Å²) in [6, 6.07) is 14.4. The first-order valence-electron chi connectivity index (χ1n) is 8.70. The predicted molar refractivity (Wildman–Crippen MR) is 96.4 cm³/mol. The second-order valence-electron chi connectivity index (χ2n) is 6.28. The third kappa shape index (κ3) is 4.76. The van der Waals surface area contributed by atoms with E-state index in [1.54, 1.807) is 12.1 Å². The van der Waals surface area contributed by atoms with Crippen LogP contribution in [0.3, 0.4) is 0 Å². The molecule has 2 heterocycles. The van der Waals surface area contributed by atoms with Crippen molar-refractivity contribution in [2.24, 2.45) is 0 Å². The Hall–Kier alpha value is -2.47. The van der Waals surface area contributed by atoms with Gasteiger partial charge in [-0.3, -0.25) is 4.90 Å². The molecule has 0 aliphatic carbocycles. The molecule has 132 valence electrons. The number of hydrogen-bond acceptors (Lipinski definition) is 6. The van der Waals surface area contributed by atoms with Crippen LogP contribution in [0.1, 0.15) is 35.3 Å². The molecule has 1 aliphatic rings. The number of ether oxygens (including phenoxy) is 1. The van der Waals surface area contributed by atoms with Gasteiger partial charge in [-0.05, 0) is 37.1 Å². The third-order valence-electron chi connectivity index (χ3n) is 4.56. The number of anilines is 1. The number of carbonyl (C=O) groups is 1. The molecule has 2 aromatic rings. The minimum absolute atomic E-state index is 0.219. The third-order valence-corrected chi connectivity index (χ3v) is 4.56. The van der Waals surface area contributed by atoms with Crippen molar-refractivity contribution >= 4 is 11.8 Å². The molecule has 25 heavy (non-hydrogen) atoms. The maximum atomic E-state index is 11.4. The fourth-order valence-corrected chi connectivity index (χ4v) is 3.18. The standard InChI is InChI=1S/C19H24N4O2/c1-25-19(24)17-10-11-18(22-21-17)20-13-16-9-5-6-12-23(16)14-15-7-3-2-4-8-15/h2-4,7-8,10-11,16H,5-6,9,12-14H2,1H3,(H,20,22). The van der Waals surface area contributed by atoms with Gasteiger partial charge in [0.2, 0.25) is 0 Å². The zero-order valence-electron chi connectivity index (χ0n) is 14.5. The van der Waals surface area contributed by atoms with Crippen molar-refractivity contribution < 1.29 is 9.53 Å². The van der Waals surface area contributed by atoms with Crippen molar-refractivity contribution in [1.82, 2.24) is 15.1 Å². The van der Waals surface area contributed by atoms with E-state index in [1.165, 1.54) is 31.9 Å². The number of hydrogen-bond donors (Lipinski definition) is 1. The summed E-state index contributed by atoms with van der Waals surface area (Å²) in [5.41, 5.74) is 1.56. The average Bonchev–Trinajstić information content (AvgIpc) is 2.68. The Morgan fingerprint density at radius 1 is 1.20 bits per heavy atom. The molecule has 0 saturated carbocycles. The maximum Gasteiger partial charge on any atom is 0.358 e. The monoisotopic (exact) mass is 340 g/mol. The number of methoxy groups -OCH3 is 1. The summed E-state index contributed by atoms with van der Waals surface area (Å²) < 4.78 is 4.63. The lowest BCUT2D eigenvalue weighted by Crippen LogP contribution is -2.43. The number of aromatic nitrogens is 2. The van der Waals surface area contributed by atoms with Crippen LogP contribution in [0, 0.1) is 0 Å². The van der Waals surface area contributed by atoms with Crippen LogP contribution in [0.15, 0.2) is 42.5 Å². The van der Waals surface area contributed by atoms with Crippen LogP contribution in [0.4, 0.5) is 5.82 Å². The maximum absolute atomic E-state index is 11.4. The number of likely N-dealkylation sites (tertiary alicyclic amines) is 1. The van der Waals surface area contributed by atoms with Gasteiger partial charge in [-0.2, -0.15) is 0 Å². The second-order valence-corrected chi connectivity index (χ2v) is 6.28. The van der Waals surface area contributed by atoms with E-state index in [-0.39, 0.29) is 5.69 Å². The number of nitrogens with one attached hydrogen (secondary N) is 1. The molecule has 1 N–H and O–H groups in total. The van der Waals surface area contributed by atoms with Crippen molar-refractivity contribution in [3.05, 3.63) is 53.7 Å². The van der Waals surface area contributed by atoms with Gasteiger partial charge in [-0.25, -0.2) is 4.79 Å². The van der Waals surface area contributed by atoms with Crippen LogP contribution in [-0.4, -0.2) is 47.3 Å². The zero-order valence-corrected chi connectivity index (χ0v) is 14.5. The predicted octanol–water partition coefficient (Wildman–Crippen LogP) is 2.73. The van der Waals surface area contributed by atoms with E-state index in [0.29, 0.717) is 11.9 Å². The van der Waals surface area contributed by atoms with Crippen LogP contribution in [0.2, 0.25) is 0 Å². The molecular weight excluding hydrogens is 316 g/mol. The van der Waals surface area contributed by atoms with Crippen LogP contribution in [0.5, 0.6) is 0 Å². The van der Waals surface area contributed by atoms with Crippen molar-refractivity contribution in [3.8, 4) is 0 Å². The Labute approximate surface area is 148 Å². The van der Waals surface area contributed by atoms with Gasteiger partial charge >= 0.3 is 5.97 Å². The number of rotatable bonds is 6. The molecule has 1 unspecified atom stereocenters. The normalized spacial score (nSPS) is 17.9. The summed E-state index contributed by atoms with van der Waals surface area (Å²) in [6.07, 6.45) is 3.68. The Bertz CT molecular complexity index is 676. The van der Waals surface area contributed by atoms with Crippen LogP contribution in [-0.2, 0) is 11.3 Å². The quantitative estimate of drug-likeness (QED) is 0.816. The molecule has 1 saturated heterocycles. The smallest absolute Gasteiger partial charge is 0.358 e. The fourth-order valence-electron chi connectivity index (χ4n) is 3.18. The highest BCUT2D eigenvalue weighted by Gasteiger charge is 2.22. The molecule has 1 fully saturated rings. The highest BCUT2D eigenvalue weighted by Crippen LogP contribution is 2.20. The lowest BCUT2D eigenvalue weighted by molar-refractivity contribution is 0.0592. The van der Waals surface area contributed by atoms with Gasteiger partial charge in [0, 0.05) is 19.1 Å². The van der Waals surface area contributed by atoms with Crippen molar-refractivity contribution in [1.29, 1.82) is 0 Å². The molecular formula is C19H24N4O2. The Balaban J connectivity index is 1.57. The van der Waals surface area contributed by atoms with Gasteiger partial charge in [0.1, 0.15) is 5.82 Å². The largest absolute Gasteiger partial charge is 0.464 e. The number of nitrogens with zero attached hydrogens (tertiary/aromatic N) is 3. The summed E-state index contributed by atoms with van der Waals surface area (Å²) in [5.74, 6) is 0.207. The summed E-state index contributed by atoms with van der Waals surface area (Å²) >= 11 is 0. The van der Waals surface area contributed by atoms with E-state index >= 15 is 0 Å². The molecule has 6 nitrogen and oxygen atoms in total. The van der Waals surface area contributed by atoms with Crippen molar-refractivity contribution in [3.63, 3.8) is 0 Å². The number of piperidine rings is 1. The van der Waals surface area contributed by atoms with Crippen LogP contribution >= 0.6 is 0 Å². The van der Waals surface area contributed by atoms with Gasteiger partial charge in [0.25, 0.3) is 0 Å². The Morgan fingerprint density at radius 2 is 2.04 bits per heavy atom. The summed E-state index contributed by atoms with van der Waals surface area (Å²) in [7, 11) is 1.33. The molecule has 0 spiro atoms. The lowest BCUT2D eigenvalue weighted by Gasteiger charge is -2.36. The number of benzene rings is 1. The molecule has 1 aliphatic heterocycles. The molecule has 1 aromatic heterocycles. The molecule has 0 radical (unpaired) electrons. The van der Waals surface area contributed by atoms with Gasteiger partial charge in [-0.1, -0.05) is 36.8 Å². The molecule has 0 bridgehead atoms. The van der Waals surface area contributed by atoms with Gasteiger partial charge in [-0.15, -0.1) is 10.2 Å². The lowest BCUT2D eigenvalue weighted by atomic mass is 10.0. The Kier molecular flexibility index (Phi) is 5.95. The number of carbonyl (C=O) groups excluding carboxylic acids is 1. The van der Waals surface area contributed by atoms with Crippen LogP contribution < -0.4 is 5.32 Å². The average molecular weight is 340 g/mol. The highest BCUT2D eigenvalue weighted by molar-refractivity contribution is 5.86. The van der Waals surface area contributed by atoms with E-state index in [1.807, 2.05) is 0 Å². The summed E-state index contributed by atoms with van der Waals surface area (Å²) in [5, 5.41) is 11.3. The zero-order chi connectivity index (χ0) is 17.5. The van der Waals surface area contributed by atoms with E-state index in [2.05, 4.69) is 55.5 Å². The van der Waals surface area contributed by atoms with E-state index in [9.17, 15) is 4.79 Å². The minimum atomic E-state index is -0.472. The van der Waals surface area contributed by atoms with Gasteiger partial charge in [0.15, 0.2) is 5.69 Å². The summed E-state index contributed by atoms with van der Waals surface area (Å²) in [6.45, 7) is 2.91. The molecule has 1 atom stereocenters. The van der Waals surface area contributed by atoms with E-state index in [4.69, 9.17) is 0 Å². The Morgan fingerprint density at radius 3 is 2.76 bits per heavy atom. The highest BCUT2D eigenvalue weighted by atomic mass is 16.5. The van der Waals surface area contributed by atoms with Crippen molar-refractivity contribution in [2.75, 3.05) is 25.5 Å². The topological polar surface area (TPSA) is 67.3 Å².